The third-order valence-corrected chi connectivity index (χ3v) is 6.55. The van der Waals surface area contributed by atoms with Gasteiger partial charge in [-0.2, -0.15) is 0 Å². The highest BCUT2D eigenvalue weighted by Gasteiger charge is 2.22. The second kappa shape index (κ2) is 12.0. The summed E-state index contributed by atoms with van der Waals surface area (Å²) >= 11 is 24.2. The largest absolute Gasteiger partial charge is 0.355 e. The van der Waals surface area contributed by atoms with E-state index in [1.807, 2.05) is 60.7 Å². The molecule has 0 aliphatic rings. The molecule has 2 unspecified atom stereocenters. The number of hydrogen-bond donors (Lipinski definition) is 1. The summed E-state index contributed by atoms with van der Waals surface area (Å²) in [5, 5.41) is 5.74. The Kier molecular flexibility index (Phi) is 9.31. The molecule has 1 N–H and O–H groups in total. The molecule has 0 aliphatic carbocycles. The SMILES string of the molecule is CC(c1ccc(Cl)cc1)C(CNC(=O)CCCc1cc(Cl)cc(Cl)c1)c1ccc(Cl)cc1. The molecule has 0 aliphatic heterocycles. The minimum Gasteiger partial charge on any atom is -0.355 e. The van der Waals surface area contributed by atoms with Crippen molar-refractivity contribution >= 4 is 52.3 Å². The normalized spacial score (nSPS) is 12.9. The number of hydrogen-bond acceptors (Lipinski definition) is 1. The van der Waals surface area contributed by atoms with Gasteiger partial charge in [-0.3, -0.25) is 4.79 Å². The van der Waals surface area contributed by atoms with Gasteiger partial charge >= 0.3 is 0 Å². The van der Waals surface area contributed by atoms with Crippen LogP contribution in [0.4, 0.5) is 0 Å². The zero-order valence-electron chi connectivity index (χ0n) is 17.8. The van der Waals surface area contributed by atoms with Crippen molar-refractivity contribution < 1.29 is 4.79 Å². The fourth-order valence-corrected chi connectivity index (χ4v) is 4.64. The minimum atomic E-state index is 0.0281. The van der Waals surface area contributed by atoms with E-state index in [9.17, 15) is 4.79 Å². The second-order valence-electron chi connectivity index (χ2n) is 7.93. The molecule has 3 rings (SSSR count). The molecule has 3 aromatic rings. The van der Waals surface area contributed by atoms with E-state index >= 15 is 0 Å². The zero-order chi connectivity index (χ0) is 23.1. The van der Waals surface area contributed by atoms with Gasteiger partial charge in [0.1, 0.15) is 0 Å². The molecule has 1 amide bonds. The first-order valence-corrected chi connectivity index (χ1v) is 12.1. The van der Waals surface area contributed by atoms with Gasteiger partial charge in [-0.15, -0.1) is 0 Å². The average molecular weight is 509 g/mol. The third kappa shape index (κ3) is 7.42. The highest BCUT2D eigenvalue weighted by molar-refractivity contribution is 6.34. The Morgan fingerprint density at radius 2 is 1.31 bits per heavy atom. The van der Waals surface area contributed by atoms with Crippen LogP contribution in [0.3, 0.4) is 0 Å². The van der Waals surface area contributed by atoms with Crippen LogP contribution >= 0.6 is 46.4 Å². The summed E-state index contributed by atoms with van der Waals surface area (Å²) in [6, 6.07) is 21.2. The molecular weight excluding hydrogens is 484 g/mol. The van der Waals surface area contributed by atoms with E-state index in [1.54, 1.807) is 6.07 Å². The highest BCUT2D eigenvalue weighted by Crippen LogP contribution is 2.33. The Morgan fingerprint density at radius 3 is 1.88 bits per heavy atom. The van der Waals surface area contributed by atoms with Crippen LogP contribution in [0.15, 0.2) is 66.7 Å². The predicted molar refractivity (Wildman–Crippen MR) is 136 cm³/mol. The Morgan fingerprint density at radius 1 is 0.781 bits per heavy atom. The molecule has 6 heteroatoms. The maximum absolute atomic E-state index is 12.6. The standard InChI is InChI=1S/C26H25Cl4NO/c1-17(19-5-9-21(27)10-6-19)25(20-7-11-22(28)12-8-20)16-31-26(32)4-2-3-18-13-23(29)15-24(30)14-18/h5-15,17,25H,2-4,16H2,1H3,(H,31,32). The van der Waals surface area contributed by atoms with Crippen LogP contribution in [-0.2, 0) is 11.2 Å². The van der Waals surface area contributed by atoms with Crippen molar-refractivity contribution in [1.29, 1.82) is 0 Å². The number of aryl methyl sites for hydroxylation is 1. The Labute approximate surface area is 209 Å². The molecule has 168 valence electrons. The molecule has 0 spiro atoms. The first kappa shape index (κ1) is 24.9. The Balaban J connectivity index is 1.62. The van der Waals surface area contributed by atoms with E-state index < -0.39 is 0 Å². The molecule has 0 radical (unpaired) electrons. The van der Waals surface area contributed by atoms with Crippen molar-refractivity contribution in [3.63, 3.8) is 0 Å². The first-order valence-electron chi connectivity index (χ1n) is 10.5. The molecule has 0 fully saturated rings. The lowest BCUT2D eigenvalue weighted by Crippen LogP contribution is -2.30. The van der Waals surface area contributed by atoms with E-state index in [-0.39, 0.29) is 17.7 Å². The lowest BCUT2D eigenvalue weighted by Gasteiger charge is -2.25. The van der Waals surface area contributed by atoms with Crippen LogP contribution < -0.4 is 5.32 Å². The van der Waals surface area contributed by atoms with Crippen LogP contribution in [0.2, 0.25) is 20.1 Å². The van der Waals surface area contributed by atoms with E-state index in [4.69, 9.17) is 46.4 Å². The first-order chi connectivity index (χ1) is 15.3. The van der Waals surface area contributed by atoms with Gasteiger partial charge in [-0.25, -0.2) is 0 Å². The van der Waals surface area contributed by atoms with Crippen LogP contribution in [0.25, 0.3) is 0 Å². The smallest absolute Gasteiger partial charge is 0.220 e. The molecule has 0 aromatic heterocycles. The lowest BCUT2D eigenvalue weighted by atomic mass is 9.82. The third-order valence-electron chi connectivity index (χ3n) is 5.61. The van der Waals surface area contributed by atoms with Crippen molar-refractivity contribution in [3.05, 3.63) is 104 Å². The van der Waals surface area contributed by atoms with Gasteiger partial charge in [0.15, 0.2) is 0 Å². The number of benzene rings is 3. The number of nitrogens with one attached hydrogen (secondary N) is 1. The topological polar surface area (TPSA) is 29.1 Å². The van der Waals surface area contributed by atoms with Gasteiger partial charge in [0.05, 0.1) is 0 Å². The van der Waals surface area contributed by atoms with Crippen LogP contribution in [0.5, 0.6) is 0 Å². The average Bonchev–Trinajstić information content (AvgIpc) is 2.75. The maximum atomic E-state index is 12.6. The van der Waals surface area contributed by atoms with Gasteiger partial charge in [0, 0.05) is 39.0 Å². The zero-order valence-corrected chi connectivity index (χ0v) is 20.8. The molecule has 0 bridgehead atoms. The summed E-state index contributed by atoms with van der Waals surface area (Å²) in [5.74, 6) is 0.312. The predicted octanol–water partition coefficient (Wildman–Crippen LogP) is 8.33. The number of carbonyl (C=O) groups is 1. The van der Waals surface area contributed by atoms with E-state index in [2.05, 4.69) is 12.2 Å². The van der Waals surface area contributed by atoms with Crippen molar-refractivity contribution in [2.75, 3.05) is 6.54 Å². The second-order valence-corrected chi connectivity index (χ2v) is 9.68. The number of carbonyl (C=O) groups excluding carboxylic acids is 1. The highest BCUT2D eigenvalue weighted by atomic mass is 35.5. The van der Waals surface area contributed by atoms with Crippen LogP contribution in [0.1, 0.15) is 48.3 Å². The van der Waals surface area contributed by atoms with Gasteiger partial charge in [-0.05, 0) is 77.9 Å². The van der Waals surface area contributed by atoms with Gasteiger partial charge < -0.3 is 5.32 Å². The lowest BCUT2D eigenvalue weighted by molar-refractivity contribution is -0.121. The minimum absolute atomic E-state index is 0.0281. The Hall–Kier alpha value is -1.71. The fourth-order valence-electron chi connectivity index (χ4n) is 3.81. The molecular formula is C26H25Cl4NO. The molecule has 3 aromatic carbocycles. The van der Waals surface area contributed by atoms with E-state index in [0.29, 0.717) is 33.1 Å². The van der Waals surface area contributed by atoms with Gasteiger partial charge in [0.2, 0.25) is 5.91 Å². The van der Waals surface area contributed by atoms with E-state index in [1.165, 1.54) is 5.56 Å². The van der Waals surface area contributed by atoms with Crippen LogP contribution in [-0.4, -0.2) is 12.5 Å². The molecule has 2 nitrogen and oxygen atoms in total. The summed E-state index contributed by atoms with van der Waals surface area (Å²) in [7, 11) is 0. The molecule has 0 saturated carbocycles. The summed E-state index contributed by atoms with van der Waals surface area (Å²) in [6.45, 7) is 2.70. The molecule has 2 atom stereocenters. The quantitative estimate of drug-likeness (QED) is 0.309. The Bertz CT molecular complexity index is 1010. The number of rotatable bonds is 9. The summed E-state index contributed by atoms with van der Waals surface area (Å²) in [4.78, 5) is 12.6. The van der Waals surface area contributed by atoms with Crippen LogP contribution in [0, 0.1) is 0 Å². The summed E-state index contributed by atoms with van der Waals surface area (Å²) in [5.41, 5.74) is 3.33. The van der Waals surface area contributed by atoms with E-state index in [0.717, 1.165) is 24.0 Å². The summed E-state index contributed by atoms with van der Waals surface area (Å²) < 4.78 is 0. The van der Waals surface area contributed by atoms with Crippen molar-refractivity contribution in [1.82, 2.24) is 5.32 Å². The van der Waals surface area contributed by atoms with Crippen molar-refractivity contribution in [2.45, 2.75) is 38.0 Å². The van der Waals surface area contributed by atoms with Gasteiger partial charge in [-0.1, -0.05) is 77.6 Å². The molecule has 0 saturated heterocycles. The fraction of sp³-hybridized carbons (Fsp3) is 0.269. The van der Waals surface area contributed by atoms with Crippen molar-refractivity contribution in [3.8, 4) is 0 Å². The van der Waals surface area contributed by atoms with Gasteiger partial charge in [0.25, 0.3) is 0 Å². The molecule has 0 heterocycles. The number of amides is 1. The maximum Gasteiger partial charge on any atom is 0.220 e. The van der Waals surface area contributed by atoms with Crippen molar-refractivity contribution in [2.24, 2.45) is 0 Å². The summed E-state index contributed by atoms with van der Waals surface area (Å²) in [6.07, 6.45) is 1.91. The number of halogens is 4. The molecule has 32 heavy (non-hydrogen) atoms. The monoisotopic (exact) mass is 507 g/mol.